The highest BCUT2D eigenvalue weighted by Crippen LogP contribution is 2.18. The molecule has 9 nitrogen and oxygen atoms in total. The molecule has 0 aliphatic carbocycles. The highest BCUT2D eigenvalue weighted by Gasteiger charge is 2.19. The van der Waals surface area contributed by atoms with Gasteiger partial charge in [-0.05, 0) is 48.5 Å². The number of carbonyl (C=O) groups excluding carboxylic acids is 3. The number of sulfonamides is 1. The second-order valence-corrected chi connectivity index (χ2v) is 8.12. The zero-order chi connectivity index (χ0) is 23.1. The van der Waals surface area contributed by atoms with E-state index in [1.54, 1.807) is 30.3 Å². The number of methoxy groups -OCH3 is 1. The lowest BCUT2D eigenvalue weighted by atomic mass is 10.2. The molecule has 3 aromatic rings. The summed E-state index contributed by atoms with van der Waals surface area (Å²) in [7, 11) is -2.87. The van der Waals surface area contributed by atoms with Crippen molar-refractivity contribution in [3.05, 3.63) is 90.0 Å². The molecule has 0 radical (unpaired) electrons. The number of anilines is 2. The molecule has 3 aromatic carbocycles. The quantitative estimate of drug-likeness (QED) is 0.491. The van der Waals surface area contributed by atoms with Crippen LogP contribution in [-0.2, 0) is 14.8 Å². The van der Waals surface area contributed by atoms with Gasteiger partial charge < -0.3 is 15.4 Å². The van der Waals surface area contributed by atoms with Crippen molar-refractivity contribution in [2.75, 3.05) is 17.7 Å². The zero-order valence-corrected chi connectivity index (χ0v) is 17.7. The van der Waals surface area contributed by atoms with Crippen LogP contribution >= 0.6 is 0 Å². The Morgan fingerprint density at radius 3 is 2.06 bits per heavy atom. The van der Waals surface area contributed by atoms with E-state index in [2.05, 4.69) is 15.4 Å². The van der Waals surface area contributed by atoms with Crippen molar-refractivity contribution in [1.29, 1.82) is 0 Å². The number of benzene rings is 3. The number of carbonyl (C=O) groups is 3. The molecule has 0 spiro atoms. The lowest BCUT2D eigenvalue weighted by Gasteiger charge is -2.11. The molecule has 0 heterocycles. The van der Waals surface area contributed by atoms with Crippen molar-refractivity contribution >= 4 is 39.3 Å². The van der Waals surface area contributed by atoms with Gasteiger partial charge in [0, 0.05) is 11.3 Å². The van der Waals surface area contributed by atoms with Crippen molar-refractivity contribution in [3.63, 3.8) is 0 Å². The minimum atomic E-state index is -4.10. The van der Waals surface area contributed by atoms with E-state index in [1.165, 1.54) is 55.6 Å². The molecule has 164 valence electrons. The normalized spacial score (nSPS) is 10.7. The average molecular weight is 453 g/mol. The second-order valence-electron chi connectivity index (χ2n) is 6.44. The van der Waals surface area contributed by atoms with Gasteiger partial charge >= 0.3 is 12.0 Å². The first kappa shape index (κ1) is 22.5. The maximum absolute atomic E-state index is 12.4. The fourth-order valence-corrected chi connectivity index (χ4v) is 3.69. The highest BCUT2D eigenvalue weighted by atomic mass is 32.2. The third-order valence-corrected chi connectivity index (χ3v) is 5.61. The molecule has 0 unspecified atom stereocenters. The number of nitrogens with one attached hydrogen (secondary N) is 3. The molecule has 3 N–H and O–H groups in total. The molecule has 0 aromatic heterocycles. The molecule has 3 rings (SSSR count). The molecule has 32 heavy (non-hydrogen) atoms. The Bertz CT molecular complexity index is 1240. The van der Waals surface area contributed by atoms with E-state index in [1.807, 2.05) is 4.72 Å². The van der Waals surface area contributed by atoms with Crippen LogP contribution in [0.2, 0.25) is 0 Å². The summed E-state index contributed by atoms with van der Waals surface area (Å²) < 4.78 is 31.6. The van der Waals surface area contributed by atoms with Crippen LogP contribution in [0.25, 0.3) is 0 Å². The molecule has 0 bridgehead atoms. The molecule has 0 atom stereocenters. The molecule has 0 aliphatic rings. The van der Waals surface area contributed by atoms with E-state index in [-0.39, 0.29) is 21.7 Å². The lowest BCUT2D eigenvalue weighted by molar-refractivity contribution is 0.0601. The molecule has 10 heteroatoms. The van der Waals surface area contributed by atoms with Crippen molar-refractivity contribution in [3.8, 4) is 0 Å². The minimum Gasteiger partial charge on any atom is -0.465 e. The number of amides is 3. The van der Waals surface area contributed by atoms with Gasteiger partial charge in [0.25, 0.3) is 15.9 Å². The molecule has 0 saturated carbocycles. The summed E-state index contributed by atoms with van der Waals surface area (Å²) in [6.45, 7) is 0. The summed E-state index contributed by atoms with van der Waals surface area (Å²) in [4.78, 5) is 36.1. The van der Waals surface area contributed by atoms with Crippen LogP contribution in [0.4, 0.5) is 16.2 Å². The first-order valence-corrected chi connectivity index (χ1v) is 10.8. The third-order valence-electron chi connectivity index (χ3n) is 4.27. The third kappa shape index (κ3) is 5.49. The van der Waals surface area contributed by atoms with Crippen LogP contribution in [0.5, 0.6) is 0 Å². The van der Waals surface area contributed by atoms with Crippen LogP contribution < -0.4 is 15.4 Å². The van der Waals surface area contributed by atoms with Crippen LogP contribution in [0, 0.1) is 0 Å². The zero-order valence-electron chi connectivity index (χ0n) is 16.9. The van der Waals surface area contributed by atoms with E-state index >= 15 is 0 Å². The van der Waals surface area contributed by atoms with Gasteiger partial charge in [-0.2, -0.15) is 0 Å². The van der Waals surface area contributed by atoms with E-state index in [9.17, 15) is 22.8 Å². The van der Waals surface area contributed by atoms with Gasteiger partial charge in [-0.3, -0.25) is 4.79 Å². The lowest BCUT2D eigenvalue weighted by Crippen LogP contribution is -2.30. The standard InChI is InChI=1S/C22H19N3O6S/c1-31-21(27)18-9-5-6-10-19(18)24-22(28)23-16-11-13-17(14-12-16)32(29,30)25-20(26)15-7-3-2-4-8-15/h2-14H,1H3,(H,25,26)(H2,23,24,28). The van der Waals surface area contributed by atoms with Crippen molar-refractivity contribution in [2.24, 2.45) is 0 Å². The van der Waals surface area contributed by atoms with E-state index in [0.717, 1.165) is 0 Å². The van der Waals surface area contributed by atoms with Crippen molar-refractivity contribution in [2.45, 2.75) is 4.90 Å². The topological polar surface area (TPSA) is 131 Å². The van der Waals surface area contributed by atoms with Crippen LogP contribution in [0.3, 0.4) is 0 Å². The summed E-state index contributed by atoms with van der Waals surface area (Å²) in [6, 6.07) is 18.9. The number of hydrogen-bond acceptors (Lipinski definition) is 6. The Balaban J connectivity index is 1.66. The van der Waals surface area contributed by atoms with Gasteiger partial charge in [0.15, 0.2) is 0 Å². The van der Waals surface area contributed by atoms with Crippen LogP contribution in [0.1, 0.15) is 20.7 Å². The first-order valence-electron chi connectivity index (χ1n) is 9.28. The Kier molecular flexibility index (Phi) is 6.86. The summed E-state index contributed by atoms with van der Waals surface area (Å²) in [5, 5.41) is 5.07. The highest BCUT2D eigenvalue weighted by molar-refractivity contribution is 7.90. The SMILES string of the molecule is COC(=O)c1ccccc1NC(=O)Nc1ccc(S(=O)(=O)NC(=O)c2ccccc2)cc1. The Hall–Kier alpha value is -4.18. The molecule has 0 aliphatic heterocycles. The van der Waals surface area contributed by atoms with Gasteiger partial charge in [-0.15, -0.1) is 0 Å². The predicted octanol–water partition coefficient (Wildman–Crippen LogP) is 3.24. The largest absolute Gasteiger partial charge is 0.465 e. The van der Waals surface area contributed by atoms with E-state index in [0.29, 0.717) is 5.69 Å². The number of hydrogen-bond donors (Lipinski definition) is 3. The minimum absolute atomic E-state index is 0.149. The average Bonchev–Trinajstić information content (AvgIpc) is 2.79. The predicted molar refractivity (Wildman–Crippen MR) is 118 cm³/mol. The monoisotopic (exact) mass is 453 g/mol. The van der Waals surface area contributed by atoms with Crippen LogP contribution in [-0.4, -0.2) is 33.4 Å². The Morgan fingerprint density at radius 2 is 1.41 bits per heavy atom. The Morgan fingerprint density at radius 1 is 0.781 bits per heavy atom. The first-order chi connectivity index (χ1) is 15.3. The molecular formula is C22H19N3O6S. The van der Waals surface area contributed by atoms with Crippen molar-refractivity contribution in [1.82, 2.24) is 4.72 Å². The smallest absolute Gasteiger partial charge is 0.339 e. The maximum Gasteiger partial charge on any atom is 0.339 e. The summed E-state index contributed by atoms with van der Waals surface area (Å²) >= 11 is 0. The van der Waals surface area contributed by atoms with Gasteiger partial charge in [-0.25, -0.2) is 22.7 Å². The summed E-state index contributed by atoms with van der Waals surface area (Å²) in [5.74, 6) is -1.36. The van der Waals surface area contributed by atoms with E-state index < -0.39 is 27.9 Å². The number of ether oxygens (including phenoxy) is 1. The van der Waals surface area contributed by atoms with Gasteiger partial charge in [0.2, 0.25) is 0 Å². The summed E-state index contributed by atoms with van der Waals surface area (Å²) in [5.41, 5.74) is 0.935. The Labute approximate surface area is 184 Å². The van der Waals surface area contributed by atoms with E-state index in [4.69, 9.17) is 0 Å². The maximum atomic E-state index is 12.4. The van der Waals surface area contributed by atoms with Gasteiger partial charge in [0.1, 0.15) is 0 Å². The molecule has 0 fully saturated rings. The second kappa shape index (κ2) is 9.75. The van der Waals surface area contributed by atoms with Crippen LogP contribution in [0.15, 0.2) is 83.8 Å². The molecular weight excluding hydrogens is 434 g/mol. The molecule has 0 saturated heterocycles. The van der Waals surface area contributed by atoms with Crippen molar-refractivity contribution < 1.29 is 27.5 Å². The van der Waals surface area contributed by atoms with Gasteiger partial charge in [0.05, 0.1) is 23.3 Å². The number of urea groups is 1. The fourth-order valence-electron chi connectivity index (χ4n) is 2.71. The summed E-state index contributed by atoms with van der Waals surface area (Å²) in [6.07, 6.45) is 0. The molecule has 3 amide bonds. The number of esters is 1. The van der Waals surface area contributed by atoms with Gasteiger partial charge in [-0.1, -0.05) is 30.3 Å². The number of para-hydroxylation sites is 1. The number of rotatable bonds is 6. The fraction of sp³-hybridized carbons (Fsp3) is 0.0455.